The average molecular weight is 494 g/mol. The molecule has 0 radical (unpaired) electrons. The lowest BCUT2D eigenvalue weighted by Gasteiger charge is -2.31. The Balaban J connectivity index is 0.00000338. The molecule has 148 valence electrons. The van der Waals surface area contributed by atoms with Crippen LogP contribution in [0.5, 0.6) is 0 Å². The molecule has 1 aromatic carbocycles. The maximum atomic E-state index is 11.6. The van der Waals surface area contributed by atoms with Gasteiger partial charge in [-0.2, -0.15) is 0 Å². The van der Waals surface area contributed by atoms with Gasteiger partial charge in [0.1, 0.15) is 0 Å². The molecule has 1 aromatic rings. The summed E-state index contributed by atoms with van der Waals surface area (Å²) in [7, 11) is -3.12. The number of rotatable bonds is 7. The smallest absolute Gasteiger partial charge is 0.211 e. The SMILES string of the molecule is CCNC(=NCCCN(CC)S(C)(=O)=O)N1CCc2ccccc2C1.I. The molecule has 0 saturated heterocycles. The van der Waals surface area contributed by atoms with Crippen LogP contribution < -0.4 is 5.32 Å². The van der Waals surface area contributed by atoms with Gasteiger partial charge < -0.3 is 10.2 Å². The number of fused-ring (bicyclic) bond motifs is 1. The maximum Gasteiger partial charge on any atom is 0.211 e. The fourth-order valence-electron chi connectivity index (χ4n) is 3.09. The summed E-state index contributed by atoms with van der Waals surface area (Å²) in [6, 6.07) is 8.55. The molecule has 6 nitrogen and oxygen atoms in total. The van der Waals surface area contributed by atoms with E-state index in [0.29, 0.717) is 19.6 Å². The summed E-state index contributed by atoms with van der Waals surface area (Å²) in [6.07, 6.45) is 3.01. The molecule has 0 spiro atoms. The van der Waals surface area contributed by atoms with Crippen molar-refractivity contribution in [3.63, 3.8) is 0 Å². The van der Waals surface area contributed by atoms with Gasteiger partial charge in [0.25, 0.3) is 0 Å². The van der Waals surface area contributed by atoms with Gasteiger partial charge in [0, 0.05) is 39.3 Å². The van der Waals surface area contributed by atoms with Crippen molar-refractivity contribution >= 4 is 40.0 Å². The molecular formula is C18H31IN4O2S. The predicted octanol–water partition coefficient (Wildman–Crippen LogP) is 2.30. The molecule has 0 bridgehead atoms. The number of aliphatic imine (C=N–C) groups is 1. The first kappa shape index (κ1) is 23.2. The van der Waals surface area contributed by atoms with E-state index in [4.69, 9.17) is 4.99 Å². The zero-order valence-corrected chi connectivity index (χ0v) is 19.1. The summed E-state index contributed by atoms with van der Waals surface area (Å²) in [4.78, 5) is 6.99. The van der Waals surface area contributed by atoms with Gasteiger partial charge in [0.15, 0.2) is 5.96 Å². The van der Waals surface area contributed by atoms with E-state index in [1.165, 1.54) is 21.7 Å². The Morgan fingerprint density at radius 1 is 1.27 bits per heavy atom. The first-order valence-corrected chi connectivity index (χ1v) is 10.9. The molecule has 0 atom stereocenters. The van der Waals surface area contributed by atoms with Crippen LogP contribution in [0.4, 0.5) is 0 Å². The second-order valence-corrected chi connectivity index (χ2v) is 8.27. The first-order chi connectivity index (χ1) is 12.0. The van der Waals surface area contributed by atoms with Crippen molar-refractivity contribution in [3.05, 3.63) is 35.4 Å². The van der Waals surface area contributed by atoms with Crippen LogP contribution >= 0.6 is 24.0 Å². The lowest BCUT2D eigenvalue weighted by molar-refractivity contribution is 0.377. The first-order valence-electron chi connectivity index (χ1n) is 9.00. The molecule has 1 N–H and O–H groups in total. The van der Waals surface area contributed by atoms with E-state index in [-0.39, 0.29) is 24.0 Å². The minimum atomic E-state index is -3.12. The number of nitrogens with zero attached hydrogens (tertiary/aromatic N) is 3. The molecule has 1 aliphatic heterocycles. The Labute approximate surface area is 175 Å². The van der Waals surface area contributed by atoms with E-state index in [9.17, 15) is 8.42 Å². The van der Waals surface area contributed by atoms with Gasteiger partial charge in [-0.15, -0.1) is 24.0 Å². The minimum Gasteiger partial charge on any atom is -0.357 e. The largest absolute Gasteiger partial charge is 0.357 e. The monoisotopic (exact) mass is 494 g/mol. The molecule has 8 heteroatoms. The van der Waals surface area contributed by atoms with E-state index in [0.717, 1.165) is 38.4 Å². The second kappa shape index (κ2) is 11.1. The molecule has 26 heavy (non-hydrogen) atoms. The van der Waals surface area contributed by atoms with Crippen LogP contribution in [0.25, 0.3) is 0 Å². The lowest BCUT2D eigenvalue weighted by Crippen LogP contribution is -2.44. The van der Waals surface area contributed by atoms with Crippen LogP contribution in [0, 0.1) is 0 Å². The third-order valence-corrected chi connectivity index (χ3v) is 5.79. The molecule has 0 fully saturated rings. The topological polar surface area (TPSA) is 65.0 Å². The summed E-state index contributed by atoms with van der Waals surface area (Å²) in [5.41, 5.74) is 2.77. The van der Waals surface area contributed by atoms with E-state index < -0.39 is 10.0 Å². The fraction of sp³-hybridized carbons (Fsp3) is 0.611. The van der Waals surface area contributed by atoms with Gasteiger partial charge in [-0.1, -0.05) is 31.2 Å². The van der Waals surface area contributed by atoms with Gasteiger partial charge in [-0.05, 0) is 30.9 Å². The highest BCUT2D eigenvalue weighted by Crippen LogP contribution is 2.18. The van der Waals surface area contributed by atoms with Gasteiger partial charge in [0.05, 0.1) is 6.26 Å². The highest BCUT2D eigenvalue weighted by Gasteiger charge is 2.18. The molecule has 0 aromatic heterocycles. The number of halogens is 1. The number of hydrogen-bond donors (Lipinski definition) is 1. The van der Waals surface area contributed by atoms with Gasteiger partial charge >= 0.3 is 0 Å². The third-order valence-electron chi connectivity index (χ3n) is 4.41. The Morgan fingerprint density at radius 2 is 1.96 bits per heavy atom. The highest BCUT2D eigenvalue weighted by molar-refractivity contribution is 14.0. The number of hydrogen-bond acceptors (Lipinski definition) is 3. The van der Waals surface area contributed by atoms with Crippen LogP contribution in [-0.4, -0.2) is 62.6 Å². The number of sulfonamides is 1. The molecule has 1 aliphatic rings. The number of guanidine groups is 1. The number of nitrogens with one attached hydrogen (secondary N) is 1. The summed E-state index contributed by atoms with van der Waals surface area (Å²) in [6.45, 7) is 8.20. The summed E-state index contributed by atoms with van der Waals surface area (Å²) in [5, 5.41) is 3.36. The molecular weight excluding hydrogens is 463 g/mol. The Kier molecular flexibility index (Phi) is 9.88. The predicted molar refractivity (Wildman–Crippen MR) is 119 cm³/mol. The second-order valence-electron chi connectivity index (χ2n) is 6.28. The molecule has 2 rings (SSSR count). The minimum absolute atomic E-state index is 0. The zero-order chi connectivity index (χ0) is 18.3. The average Bonchev–Trinajstić information content (AvgIpc) is 2.59. The van der Waals surface area contributed by atoms with Crippen molar-refractivity contribution in [2.45, 2.75) is 33.2 Å². The zero-order valence-electron chi connectivity index (χ0n) is 15.9. The molecule has 0 amide bonds. The fourth-order valence-corrected chi connectivity index (χ4v) is 4.02. The van der Waals surface area contributed by atoms with E-state index in [1.807, 2.05) is 6.92 Å². The summed E-state index contributed by atoms with van der Waals surface area (Å²) < 4.78 is 24.7. The lowest BCUT2D eigenvalue weighted by atomic mass is 10.0. The van der Waals surface area contributed by atoms with Gasteiger partial charge in [0.2, 0.25) is 10.0 Å². The third kappa shape index (κ3) is 6.70. The van der Waals surface area contributed by atoms with Gasteiger partial charge in [-0.3, -0.25) is 4.99 Å². The van der Waals surface area contributed by atoms with E-state index in [2.05, 4.69) is 41.4 Å². The van der Waals surface area contributed by atoms with Crippen LogP contribution in [0.3, 0.4) is 0 Å². The molecule has 0 unspecified atom stereocenters. The van der Waals surface area contributed by atoms with Crippen LogP contribution in [0.1, 0.15) is 31.4 Å². The molecule has 1 heterocycles. The quantitative estimate of drug-likeness (QED) is 0.274. The maximum absolute atomic E-state index is 11.6. The Bertz CT molecular complexity index is 694. The highest BCUT2D eigenvalue weighted by atomic mass is 127. The van der Waals surface area contributed by atoms with Crippen molar-refractivity contribution < 1.29 is 8.42 Å². The van der Waals surface area contributed by atoms with Gasteiger partial charge in [-0.25, -0.2) is 12.7 Å². The van der Waals surface area contributed by atoms with Crippen molar-refractivity contribution in [2.75, 3.05) is 39.0 Å². The molecule has 0 saturated carbocycles. The van der Waals surface area contributed by atoms with Crippen LogP contribution in [0.15, 0.2) is 29.3 Å². The van der Waals surface area contributed by atoms with Crippen molar-refractivity contribution in [1.82, 2.24) is 14.5 Å². The Hall–Kier alpha value is -0.870. The van der Waals surface area contributed by atoms with E-state index in [1.54, 1.807) is 0 Å². The summed E-state index contributed by atoms with van der Waals surface area (Å²) in [5.74, 6) is 0.916. The van der Waals surface area contributed by atoms with Crippen molar-refractivity contribution in [1.29, 1.82) is 0 Å². The Morgan fingerprint density at radius 3 is 2.58 bits per heavy atom. The van der Waals surface area contributed by atoms with Crippen LogP contribution in [-0.2, 0) is 23.0 Å². The van der Waals surface area contributed by atoms with Crippen molar-refractivity contribution in [3.8, 4) is 0 Å². The number of benzene rings is 1. The summed E-state index contributed by atoms with van der Waals surface area (Å²) >= 11 is 0. The normalized spacial score (nSPS) is 14.8. The van der Waals surface area contributed by atoms with Crippen LogP contribution in [0.2, 0.25) is 0 Å². The van der Waals surface area contributed by atoms with Crippen molar-refractivity contribution in [2.24, 2.45) is 4.99 Å². The standard InChI is InChI=1S/C18H30N4O2S.HI/c1-4-19-18(20-12-8-13-22(5-2)25(3,23)24)21-14-11-16-9-6-7-10-17(16)15-21;/h6-7,9-10H,4-5,8,11-15H2,1-3H3,(H,19,20);1H. The van der Waals surface area contributed by atoms with E-state index >= 15 is 0 Å². The molecule has 0 aliphatic carbocycles.